The largest absolute Gasteiger partial charge is 0.397 e. The molecule has 14 heavy (non-hydrogen) atoms. The lowest BCUT2D eigenvalue weighted by Gasteiger charge is -2.01. The van der Waals surface area contributed by atoms with Gasteiger partial charge in [0, 0.05) is 24.8 Å². The van der Waals surface area contributed by atoms with E-state index in [0.29, 0.717) is 5.69 Å². The number of nitrogen functional groups attached to an aromatic ring is 1. The number of hydrogen-bond acceptors (Lipinski definition) is 3. The van der Waals surface area contributed by atoms with Gasteiger partial charge in [0.15, 0.2) is 0 Å². The zero-order valence-corrected chi connectivity index (χ0v) is 7.72. The minimum Gasteiger partial charge on any atom is -0.397 e. The minimum absolute atomic E-state index is 0.705. The highest BCUT2D eigenvalue weighted by Gasteiger charge is 1.96. The second kappa shape index (κ2) is 3.87. The molecule has 0 atom stereocenters. The molecule has 2 heterocycles. The van der Waals surface area contributed by atoms with Crippen LogP contribution in [0, 0.1) is 0 Å². The van der Waals surface area contributed by atoms with Crippen LogP contribution < -0.4 is 5.73 Å². The zero-order valence-electron chi connectivity index (χ0n) is 7.72. The van der Waals surface area contributed by atoms with Crippen LogP contribution in [-0.2, 0) is 6.42 Å². The number of hydrogen-bond donors (Lipinski definition) is 1. The van der Waals surface area contributed by atoms with Crippen molar-refractivity contribution in [1.29, 1.82) is 0 Å². The predicted molar refractivity (Wildman–Crippen MR) is 55.7 cm³/mol. The maximum Gasteiger partial charge on any atom is 0.0503 e. The zero-order chi connectivity index (χ0) is 9.80. The first-order valence-corrected chi connectivity index (χ1v) is 4.43. The molecule has 2 rings (SSSR count). The first kappa shape index (κ1) is 8.69. The highest BCUT2D eigenvalue weighted by molar-refractivity contribution is 5.38. The molecule has 0 spiro atoms. The smallest absolute Gasteiger partial charge is 0.0503 e. The summed E-state index contributed by atoms with van der Waals surface area (Å²) in [6.45, 7) is 0. The summed E-state index contributed by atoms with van der Waals surface area (Å²) in [6.07, 6.45) is 7.90. The van der Waals surface area contributed by atoms with Crippen LogP contribution in [-0.4, -0.2) is 9.97 Å². The van der Waals surface area contributed by atoms with E-state index < -0.39 is 0 Å². The van der Waals surface area contributed by atoms with Gasteiger partial charge in [-0.2, -0.15) is 0 Å². The number of nitrogens with two attached hydrogens (primary N) is 1. The number of pyridine rings is 2. The maximum absolute atomic E-state index is 5.64. The molecule has 3 heteroatoms. The van der Waals surface area contributed by atoms with Crippen LogP contribution in [0.25, 0.3) is 0 Å². The molecular weight excluding hydrogens is 174 g/mol. The van der Waals surface area contributed by atoms with Gasteiger partial charge in [-0.25, -0.2) is 0 Å². The normalized spacial score (nSPS) is 10.0. The van der Waals surface area contributed by atoms with Gasteiger partial charge < -0.3 is 5.73 Å². The third-order valence-electron chi connectivity index (χ3n) is 1.97. The monoisotopic (exact) mass is 185 g/mol. The Kier molecular flexibility index (Phi) is 2.40. The van der Waals surface area contributed by atoms with E-state index in [1.54, 1.807) is 18.6 Å². The molecule has 3 nitrogen and oxygen atoms in total. The molecule has 0 saturated heterocycles. The summed E-state index contributed by atoms with van der Waals surface area (Å²) in [7, 11) is 0. The van der Waals surface area contributed by atoms with Gasteiger partial charge in [-0.05, 0) is 35.7 Å². The van der Waals surface area contributed by atoms with Gasteiger partial charge in [-0.15, -0.1) is 0 Å². The Morgan fingerprint density at radius 1 is 1.00 bits per heavy atom. The van der Waals surface area contributed by atoms with E-state index in [4.69, 9.17) is 5.73 Å². The second-order valence-corrected chi connectivity index (χ2v) is 3.16. The summed E-state index contributed by atoms with van der Waals surface area (Å²) >= 11 is 0. The van der Waals surface area contributed by atoms with E-state index >= 15 is 0 Å². The number of nitrogens with zero attached hydrogens (tertiary/aromatic N) is 2. The van der Waals surface area contributed by atoms with Crippen molar-refractivity contribution in [3.63, 3.8) is 0 Å². The Balaban J connectivity index is 2.19. The molecule has 2 aromatic heterocycles. The van der Waals surface area contributed by atoms with E-state index in [2.05, 4.69) is 9.97 Å². The van der Waals surface area contributed by atoms with Crippen LogP contribution in [0.5, 0.6) is 0 Å². The highest BCUT2D eigenvalue weighted by atomic mass is 14.7. The van der Waals surface area contributed by atoms with Crippen molar-refractivity contribution in [3.05, 3.63) is 54.1 Å². The molecule has 2 aromatic rings. The molecule has 70 valence electrons. The molecule has 0 radical (unpaired) electrons. The van der Waals surface area contributed by atoms with E-state index in [0.717, 1.165) is 12.0 Å². The lowest BCUT2D eigenvalue weighted by molar-refractivity contribution is 1.13. The average Bonchev–Trinajstić information content (AvgIpc) is 2.19. The average molecular weight is 185 g/mol. The van der Waals surface area contributed by atoms with Crippen LogP contribution in [0.15, 0.2) is 43.0 Å². The van der Waals surface area contributed by atoms with Gasteiger partial charge in [-0.3, -0.25) is 9.97 Å². The molecule has 0 aliphatic rings. The van der Waals surface area contributed by atoms with Crippen molar-refractivity contribution >= 4 is 5.69 Å². The van der Waals surface area contributed by atoms with Gasteiger partial charge in [0.1, 0.15) is 0 Å². The van der Waals surface area contributed by atoms with Crippen molar-refractivity contribution < 1.29 is 0 Å². The summed E-state index contributed by atoms with van der Waals surface area (Å²) < 4.78 is 0. The number of aromatic nitrogens is 2. The fourth-order valence-electron chi connectivity index (χ4n) is 1.34. The summed E-state index contributed by atoms with van der Waals surface area (Å²) in [5, 5.41) is 0. The number of anilines is 1. The molecule has 0 aliphatic carbocycles. The van der Waals surface area contributed by atoms with Crippen molar-refractivity contribution in [3.8, 4) is 0 Å². The third kappa shape index (κ3) is 2.07. The first-order chi connectivity index (χ1) is 6.84. The van der Waals surface area contributed by atoms with Gasteiger partial charge in [-0.1, -0.05) is 0 Å². The molecule has 0 fully saturated rings. The molecule has 0 bridgehead atoms. The third-order valence-corrected chi connectivity index (χ3v) is 1.97. The lowest BCUT2D eigenvalue weighted by atomic mass is 10.1. The highest BCUT2D eigenvalue weighted by Crippen LogP contribution is 2.09. The van der Waals surface area contributed by atoms with Crippen LogP contribution >= 0.6 is 0 Å². The molecule has 0 aromatic carbocycles. The van der Waals surface area contributed by atoms with Crippen molar-refractivity contribution in [2.75, 3.05) is 5.73 Å². The van der Waals surface area contributed by atoms with Crippen LogP contribution in [0.1, 0.15) is 11.1 Å². The predicted octanol–water partition coefficient (Wildman–Crippen LogP) is 1.65. The summed E-state index contributed by atoms with van der Waals surface area (Å²) in [6, 6.07) is 5.92. The molecule has 0 aliphatic heterocycles. The van der Waals surface area contributed by atoms with Crippen LogP contribution in [0.4, 0.5) is 5.69 Å². The lowest BCUT2D eigenvalue weighted by Crippen LogP contribution is -1.92. The van der Waals surface area contributed by atoms with Gasteiger partial charge >= 0.3 is 0 Å². The van der Waals surface area contributed by atoms with E-state index in [1.165, 1.54) is 5.56 Å². The Bertz CT molecular complexity index is 412. The number of rotatable bonds is 2. The molecule has 0 amide bonds. The molecule has 2 N–H and O–H groups in total. The van der Waals surface area contributed by atoms with Gasteiger partial charge in [0.25, 0.3) is 0 Å². The Hall–Kier alpha value is -1.90. The summed E-state index contributed by atoms with van der Waals surface area (Å²) in [5.74, 6) is 0. The Morgan fingerprint density at radius 3 is 2.50 bits per heavy atom. The van der Waals surface area contributed by atoms with E-state index in [1.807, 2.05) is 24.4 Å². The molecule has 0 saturated carbocycles. The quantitative estimate of drug-likeness (QED) is 0.774. The van der Waals surface area contributed by atoms with Crippen LogP contribution in [0.3, 0.4) is 0 Å². The standard InChI is InChI=1S/C11H11N3/c12-11-6-10(7-14-8-11)5-9-1-3-13-4-2-9/h1-4,6-8H,5,12H2. The maximum atomic E-state index is 5.64. The molecular formula is C11H11N3. The Labute approximate surface area is 82.6 Å². The van der Waals surface area contributed by atoms with Crippen molar-refractivity contribution in [2.24, 2.45) is 0 Å². The Morgan fingerprint density at radius 2 is 1.79 bits per heavy atom. The van der Waals surface area contributed by atoms with Gasteiger partial charge in [0.05, 0.1) is 5.69 Å². The minimum atomic E-state index is 0.705. The van der Waals surface area contributed by atoms with E-state index in [9.17, 15) is 0 Å². The summed E-state index contributed by atoms with van der Waals surface area (Å²) in [4.78, 5) is 8.00. The molecule has 0 unspecified atom stereocenters. The first-order valence-electron chi connectivity index (χ1n) is 4.43. The fourth-order valence-corrected chi connectivity index (χ4v) is 1.34. The summed E-state index contributed by atoms with van der Waals surface area (Å²) in [5.41, 5.74) is 8.68. The van der Waals surface area contributed by atoms with Gasteiger partial charge in [0.2, 0.25) is 0 Å². The fraction of sp³-hybridized carbons (Fsp3) is 0.0909. The topological polar surface area (TPSA) is 51.8 Å². The van der Waals surface area contributed by atoms with Crippen molar-refractivity contribution in [1.82, 2.24) is 9.97 Å². The van der Waals surface area contributed by atoms with Crippen molar-refractivity contribution in [2.45, 2.75) is 6.42 Å². The SMILES string of the molecule is Nc1cncc(Cc2ccncc2)c1. The second-order valence-electron chi connectivity index (χ2n) is 3.16. The van der Waals surface area contributed by atoms with Crippen LogP contribution in [0.2, 0.25) is 0 Å². The van der Waals surface area contributed by atoms with E-state index in [-0.39, 0.29) is 0 Å².